The summed E-state index contributed by atoms with van der Waals surface area (Å²) in [5, 5.41) is 11.8. The SMILES string of the molecule is COC(=O)c1ccc(NC(=O)c2ccc(O)c(N)c2)cc1F. The Balaban J connectivity index is 2.20. The number of ether oxygens (including phenoxy) is 1. The lowest BCUT2D eigenvalue weighted by Crippen LogP contribution is -2.13. The highest BCUT2D eigenvalue weighted by Gasteiger charge is 2.14. The summed E-state index contributed by atoms with van der Waals surface area (Å²) in [6.07, 6.45) is 0. The number of hydrogen-bond donors (Lipinski definition) is 3. The van der Waals surface area contributed by atoms with E-state index < -0.39 is 17.7 Å². The van der Waals surface area contributed by atoms with E-state index in [0.29, 0.717) is 0 Å². The summed E-state index contributed by atoms with van der Waals surface area (Å²) in [6, 6.07) is 7.54. The van der Waals surface area contributed by atoms with Gasteiger partial charge < -0.3 is 20.9 Å². The zero-order valence-corrected chi connectivity index (χ0v) is 11.6. The monoisotopic (exact) mass is 304 g/mol. The van der Waals surface area contributed by atoms with E-state index in [9.17, 15) is 19.1 Å². The smallest absolute Gasteiger partial charge is 0.340 e. The van der Waals surface area contributed by atoms with Gasteiger partial charge in [0.15, 0.2) is 0 Å². The molecule has 114 valence electrons. The van der Waals surface area contributed by atoms with Crippen molar-refractivity contribution in [2.75, 3.05) is 18.2 Å². The number of carbonyl (C=O) groups is 2. The normalized spacial score (nSPS) is 10.1. The third-order valence-corrected chi connectivity index (χ3v) is 2.92. The Labute approximate surface area is 125 Å². The van der Waals surface area contributed by atoms with Crippen molar-refractivity contribution in [3.05, 3.63) is 53.3 Å². The minimum absolute atomic E-state index is 0.0554. The third kappa shape index (κ3) is 3.14. The quantitative estimate of drug-likeness (QED) is 0.458. The van der Waals surface area contributed by atoms with Crippen LogP contribution in [0.2, 0.25) is 0 Å². The maximum absolute atomic E-state index is 13.8. The number of carbonyl (C=O) groups excluding carboxylic acids is 2. The van der Waals surface area contributed by atoms with Gasteiger partial charge in [0.2, 0.25) is 0 Å². The van der Waals surface area contributed by atoms with Crippen LogP contribution < -0.4 is 11.1 Å². The number of methoxy groups -OCH3 is 1. The summed E-state index contributed by atoms with van der Waals surface area (Å²) in [7, 11) is 1.15. The summed E-state index contributed by atoms with van der Waals surface area (Å²) in [5.41, 5.74) is 5.70. The van der Waals surface area contributed by atoms with Crippen LogP contribution in [0.1, 0.15) is 20.7 Å². The number of nitrogens with two attached hydrogens (primary N) is 1. The number of benzene rings is 2. The van der Waals surface area contributed by atoms with E-state index in [2.05, 4.69) is 10.1 Å². The molecule has 4 N–H and O–H groups in total. The zero-order valence-electron chi connectivity index (χ0n) is 11.6. The van der Waals surface area contributed by atoms with Gasteiger partial charge in [0.05, 0.1) is 18.4 Å². The van der Waals surface area contributed by atoms with Crippen molar-refractivity contribution in [2.24, 2.45) is 0 Å². The molecule has 0 aliphatic heterocycles. The summed E-state index contributed by atoms with van der Waals surface area (Å²) in [5.74, 6) is -2.28. The van der Waals surface area contributed by atoms with Gasteiger partial charge in [-0.1, -0.05) is 0 Å². The molecule has 2 aromatic rings. The first-order chi connectivity index (χ1) is 10.4. The number of aromatic hydroxyl groups is 1. The molecule has 0 heterocycles. The van der Waals surface area contributed by atoms with Crippen molar-refractivity contribution in [1.82, 2.24) is 0 Å². The van der Waals surface area contributed by atoms with Gasteiger partial charge in [0, 0.05) is 11.3 Å². The number of nitrogens with one attached hydrogen (secondary N) is 1. The van der Waals surface area contributed by atoms with Gasteiger partial charge in [-0.2, -0.15) is 0 Å². The van der Waals surface area contributed by atoms with Crippen molar-refractivity contribution in [1.29, 1.82) is 0 Å². The number of rotatable bonds is 3. The molecule has 0 atom stereocenters. The average Bonchev–Trinajstić information content (AvgIpc) is 2.49. The minimum atomic E-state index is -0.810. The summed E-state index contributed by atoms with van der Waals surface area (Å²) < 4.78 is 18.2. The molecule has 0 bridgehead atoms. The second kappa shape index (κ2) is 6.13. The molecule has 0 aliphatic rings. The predicted molar refractivity (Wildman–Crippen MR) is 78.2 cm³/mol. The van der Waals surface area contributed by atoms with Gasteiger partial charge in [-0.25, -0.2) is 9.18 Å². The van der Waals surface area contributed by atoms with Gasteiger partial charge >= 0.3 is 5.97 Å². The molecule has 0 aromatic heterocycles. The second-order valence-electron chi connectivity index (χ2n) is 4.41. The van der Waals surface area contributed by atoms with Crippen molar-refractivity contribution >= 4 is 23.3 Å². The van der Waals surface area contributed by atoms with Crippen LogP contribution in [0.15, 0.2) is 36.4 Å². The molecule has 2 rings (SSSR count). The summed E-state index contributed by atoms with van der Waals surface area (Å²) in [6.45, 7) is 0. The average molecular weight is 304 g/mol. The van der Waals surface area contributed by atoms with Crippen molar-refractivity contribution < 1.29 is 23.8 Å². The fourth-order valence-electron chi connectivity index (χ4n) is 1.77. The van der Waals surface area contributed by atoms with E-state index >= 15 is 0 Å². The Kier molecular flexibility index (Phi) is 4.26. The Morgan fingerprint density at radius 3 is 2.55 bits per heavy atom. The fourth-order valence-corrected chi connectivity index (χ4v) is 1.77. The van der Waals surface area contributed by atoms with Crippen molar-refractivity contribution in [2.45, 2.75) is 0 Å². The number of hydrogen-bond acceptors (Lipinski definition) is 5. The number of amides is 1. The molecule has 0 radical (unpaired) electrons. The first kappa shape index (κ1) is 15.3. The fraction of sp³-hybridized carbons (Fsp3) is 0.0667. The summed E-state index contributed by atoms with van der Waals surface area (Å²) >= 11 is 0. The molecule has 0 saturated carbocycles. The van der Waals surface area contributed by atoms with Gasteiger partial charge in [0.25, 0.3) is 5.91 Å². The highest BCUT2D eigenvalue weighted by molar-refractivity contribution is 6.05. The predicted octanol–water partition coefficient (Wildman–Crippen LogP) is 2.15. The van der Waals surface area contributed by atoms with Gasteiger partial charge in [-0.05, 0) is 36.4 Å². The molecule has 7 heteroatoms. The number of phenolic OH excluding ortho intramolecular Hbond substituents is 1. The van der Waals surface area contributed by atoms with Crippen LogP contribution in [-0.4, -0.2) is 24.1 Å². The van der Waals surface area contributed by atoms with Crippen LogP contribution in [0, 0.1) is 5.82 Å². The molecule has 0 aliphatic carbocycles. The van der Waals surface area contributed by atoms with Crippen molar-refractivity contribution in [3.8, 4) is 5.75 Å². The Hall–Kier alpha value is -3.09. The maximum atomic E-state index is 13.8. The number of anilines is 2. The van der Waals surface area contributed by atoms with Crippen molar-refractivity contribution in [3.63, 3.8) is 0 Å². The van der Waals surface area contributed by atoms with E-state index in [-0.39, 0.29) is 28.3 Å². The molecule has 22 heavy (non-hydrogen) atoms. The van der Waals surface area contributed by atoms with E-state index in [4.69, 9.17) is 5.73 Å². The summed E-state index contributed by atoms with van der Waals surface area (Å²) in [4.78, 5) is 23.3. The van der Waals surface area contributed by atoms with Gasteiger partial charge in [-0.15, -0.1) is 0 Å². The van der Waals surface area contributed by atoms with E-state index in [1.807, 2.05) is 0 Å². The largest absolute Gasteiger partial charge is 0.506 e. The molecule has 6 nitrogen and oxygen atoms in total. The Morgan fingerprint density at radius 2 is 1.95 bits per heavy atom. The second-order valence-corrected chi connectivity index (χ2v) is 4.41. The third-order valence-electron chi connectivity index (χ3n) is 2.92. The van der Waals surface area contributed by atoms with Gasteiger partial charge in [0.1, 0.15) is 11.6 Å². The maximum Gasteiger partial charge on any atom is 0.340 e. The lowest BCUT2D eigenvalue weighted by molar-refractivity contribution is 0.0595. The number of esters is 1. The number of halogens is 1. The highest BCUT2D eigenvalue weighted by Crippen LogP contribution is 2.21. The Morgan fingerprint density at radius 1 is 1.23 bits per heavy atom. The van der Waals surface area contributed by atoms with Crippen LogP contribution in [0.3, 0.4) is 0 Å². The minimum Gasteiger partial charge on any atom is -0.506 e. The zero-order chi connectivity index (χ0) is 16.3. The highest BCUT2D eigenvalue weighted by atomic mass is 19.1. The molecular formula is C15H13FN2O4. The number of nitrogen functional groups attached to an aromatic ring is 1. The van der Waals surface area contributed by atoms with Crippen LogP contribution in [-0.2, 0) is 4.74 Å². The molecular weight excluding hydrogens is 291 g/mol. The lowest BCUT2D eigenvalue weighted by Gasteiger charge is -2.08. The van der Waals surface area contributed by atoms with E-state index in [1.165, 1.54) is 30.3 Å². The lowest BCUT2D eigenvalue weighted by atomic mass is 10.1. The molecule has 0 unspecified atom stereocenters. The molecule has 2 aromatic carbocycles. The topological polar surface area (TPSA) is 102 Å². The van der Waals surface area contributed by atoms with E-state index in [0.717, 1.165) is 13.2 Å². The Bertz CT molecular complexity index is 746. The molecule has 0 spiro atoms. The van der Waals surface area contributed by atoms with Crippen LogP contribution in [0.4, 0.5) is 15.8 Å². The first-order valence-electron chi connectivity index (χ1n) is 6.20. The molecule has 1 amide bonds. The molecule has 0 fully saturated rings. The van der Waals surface area contributed by atoms with Crippen LogP contribution >= 0.6 is 0 Å². The van der Waals surface area contributed by atoms with Gasteiger partial charge in [-0.3, -0.25) is 4.79 Å². The standard InChI is InChI=1S/C15H13FN2O4/c1-22-15(21)10-4-3-9(7-11(10)16)18-14(20)8-2-5-13(19)12(17)6-8/h2-7,19H,17H2,1H3,(H,18,20). The first-order valence-corrected chi connectivity index (χ1v) is 6.20. The number of phenols is 1. The molecule has 0 saturated heterocycles. The van der Waals surface area contributed by atoms with Crippen LogP contribution in [0.5, 0.6) is 5.75 Å². The van der Waals surface area contributed by atoms with E-state index in [1.54, 1.807) is 0 Å². The van der Waals surface area contributed by atoms with Crippen LogP contribution in [0.25, 0.3) is 0 Å².